The van der Waals surface area contributed by atoms with Crippen LogP contribution in [0.4, 0.5) is 15.4 Å². The lowest BCUT2D eigenvalue weighted by atomic mass is 9.82. The molecule has 50 heavy (non-hydrogen) atoms. The fraction of sp³-hybridized carbons (Fsp3) is 0.405. The molecule has 13 heteroatoms. The summed E-state index contributed by atoms with van der Waals surface area (Å²) in [6, 6.07) is 19.0. The van der Waals surface area contributed by atoms with E-state index >= 15 is 0 Å². The third-order valence-electron chi connectivity index (χ3n) is 7.39. The highest BCUT2D eigenvalue weighted by atomic mass is 32.1. The quantitative estimate of drug-likeness (QED) is 0.115. The second-order valence-corrected chi connectivity index (χ2v) is 14.1. The van der Waals surface area contributed by atoms with Crippen molar-refractivity contribution in [1.29, 1.82) is 0 Å². The first-order valence-corrected chi connectivity index (χ1v) is 16.6. The third-order valence-corrected chi connectivity index (χ3v) is 7.73. The Morgan fingerprint density at radius 2 is 1.50 bits per heavy atom. The van der Waals surface area contributed by atoms with Gasteiger partial charge in [0, 0.05) is 12.7 Å². The van der Waals surface area contributed by atoms with Gasteiger partial charge in [-0.3, -0.25) is 9.69 Å². The summed E-state index contributed by atoms with van der Waals surface area (Å²) >= 11 is 5.59. The average Bonchev–Trinajstić information content (AvgIpc) is 3.04. The second-order valence-electron chi connectivity index (χ2n) is 13.7. The van der Waals surface area contributed by atoms with Crippen molar-refractivity contribution in [3.05, 3.63) is 89.6 Å². The highest BCUT2D eigenvalue weighted by Crippen LogP contribution is 2.33. The molecule has 1 aliphatic heterocycles. The molecule has 0 unspecified atom stereocenters. The van der Waals surface area contributed by atoms with Crippen molar-refractivity contribution in [2.45, 2.75) is 78.2 Å². The summed E-state index contributed by atoms with van der Waals surface area (Å²) in [6.07, 6.45) is 0.171. The maximum Gasteiger partial charge on any atom is 0.425 e. The van der Waals surface area contributed by atoms with Gasteiger partial charge in [0.05, 0.1) is 13.0 Å². The van der Waals surface area contributed by atoms with E-state index in [0.717, 1.165) is 11.1 Å². The topological polar surface area (TPSA) is 137 Å². The molecule has 1 aliphatic rings. The lowest BCUT2D eigenvalue weighted by Gasteiger charge is -2.45. The van der Waals surface area contributed by atoms with E-state index in [-0.39, 0.29) is 29.9 Å². The second kappa shape index (κ2) is 16.1. The Balaban J connectivity index is 1.56. The van der Waals surface area contributed by atoms with Crippen LogP contribution in [0.2, 0.25) is 0 Å². The number of nitrogens with one attached hydrogen (secondary N) is 1. The molecule has 0 saturated carbocycles. The van der Waals surface area contributed by atoms with Crippen molar-refractivity contribution in [2.75, 3.05) is 18.6 Å². The molecule has 12 nitrogen and oxygen atoms in total. The number of ether oxygens (including phenoxy) is 4. The number of rotatable bonds is 10. The van der Waals surface area contributed by atoms with Crippen molar-refractivity contribution >= 4 is 47.2 Å². The van der Waals surface area contributed by atoms with Gasteiger partial charge in [-0.1, -0.05) is 42.5 Å². The summed E-state index contributed by atoms with van der Waals surface area (Å²) in [5.41, 5.74) is 0.528. The predicted molar refractivity (Wildman–Crippen MR) is 191 cm³/mol. The van der Waals surface area contributed by atoms with E-state index in [0.29, 0.717) is 29.2 Å². The number of likely N-dealkylation sites (tertiary alicyclic amines) is 1. The van der Waals surface area contributed by atoms with Gasteiger partial charge in [0.2, 0.25) is 5.91 Å². The van der Waals surface area contributed by atoms with Crippen molar-refractivity contribution in [3.63, 3.8) is 0 Å². The number of anilines is 1. The molecule has 1 fully saturated rings. The number of amides is 3. The SMILES string of the molecule is COc1ccc(COC(=O)[C@@H]2[C@@H](Cc3ccnc(N(C(=O)OC(C)(C)C)C(=O)OC(C)(C)C)c3)C(=O)N2C(=S)NCCc2ccccc2)cc1. The van der Waals surface area contributed by atoms with Gasteiger partial charge < -0.3 is 24.3 Å². The number of methoxy groups -OCH3 is 1. The van der Waals surface area contributed by atoms with Crippen LogP contribution in [0, 0.1) is 5.92 Å². The number of esters is 1. The number of thiocarbonyl (C=S) groups is 1. The van der Waals surface area contributed by atoms with Crippen molar-refractivity contribution in [3.8, 4) is 5.75 Å². The van der Waals surface area contributed by atoms with Crippen molar-refractivity contribution in [1.82, 2.24) is 15.2 Å². The fourth-order valence-corrected chi connectivity index (χ4v) is 5.39. The van der Waals surface area contributed by atoms with Gasteiger partial charge in [-0.25, -0.2) is 19.4 Å². The molecule has 2 atom stereocenters. The zero-order valence-electron chi connectivity index (χ0n) is 29.4. The molecule has 3 aromatic rings. The first kappa shape index (κ1) is 37.8. The Bertz CT molecular complexity index is 1660. The molecule has 0 bridgehead atoms. The molecule has 1 saturated heterocycles. The molecule has 2 aromatic carbocycles. The van der Waals surface area contributed by atoms with Crippen LogP contribution >= 0.6 is 12.2 Å². The minimum atomic E-state index is -1.03. The number of aromatic nitrogens is 1. The zero-order chi connectivity index (χ0) is 36.6. The maximum atomic E-state index is 13.7. The Labute approximate surface area is 298 Å². The van der Waals surface area contributed by atoms with Crippen LogP contribution in [0.15, 0.2) is 72.9 Å². The molecule has 0 spiro atoms. The van der Waals surface area contributed by atoms with E-state index in [4.69, 9.17) is 31.2 Å². The van der Waals surface area contributed by atoms with Gasteiger partial charge in [0.15, 0.2) is 5.11 Å². The molecular weight excluding hydrogens is 660 g/mol. The van der Waals surface area contributed by atoms with E-state index in [1.165, 1.54) is 17.2 Å². The number of hydrogen-bond donors (Lipinski definition) is 1. The molecule has 3 amide bonds. The number of imide groups is 1. The number of benzene rings is 2. The predicted octanol–water partition coefficient (Wildman–Crippen LogP) is 6.00. The highest BCUT2D eigenvalue weighted by molar-refractivity contribution is 7.80. The molecule has 0 radical (unpaired) electrons. The largest absolute Gasteiger partial charge is 0.497 e. The molecule has 0 aliphatic carbocycles. The summed E-state index contributed by atoms with van der Waals surface area (Å²) in [5.74, 6) is -1.25. The van der Waals surface area contributed by atoms with E-state index in [1.54, 1.807) is 79.0 Å². The Kier molecular flexibility index (Phi) is 12.2. The van der Waals surface area contributed by atoms with Crippen molar-refractivity contribution < 1.29 is 38.1 Å². The Morgan fingerprint density at radius 1 is 0.880 bits per heavy atom. The molecular formula is C37H44N4O8S. The minimum absolute atomic E-state index is 0.0254. The van der Waals surface area contributed by atoms with Crippen LogP contribution in [0.25, 0.3) is 0 Å². The van der Waals surface area contributed by atoms with E-state index < -0.39 is 41.3 Å². The van der Waals surface area contributed by atoms with Gasteiger partial charge >= 0.3 is 18.2 Å². The number of nitrogens with zero attached hydrogens (tertiary/aromatic N) is 3. The number of carbonyl (C=O) groups excluding carboxylic acids is 4. The number of carbonyl (C=O) groups is 4. The van der Waals surface area contributed by atoms with Gasteiger partial charge in [-0.2, -0.15) is 4.90 Å². The van der Waals surface area contributed by atoms with Gasteiger partial charge in [-0.15, -0.1) is 0 Å². The van der Waals surface area contributed by atoms with Crippen LogP contribution < -0.4 is 15.0 Å². The van der Waals surface area contributed by atoms with Crippen LogP contribution in [0.3, 0.4) is 0 Å². The summed E-state index contributed by atoms with van der Waals surface area (Å²) < 4.78 is 21.9. The molecule has 1 aromatic heterocycles. The molecule has 1 N–H and O–H groups in total. The molecule has 2 heterocycles. The standard InChI is InChI=1S/C37H44N4O8S/c1-36(2,3)48-34(44)40(35(45)49-37(4,5)6)29-22-26(18-19-38-29)21-28-30(32(43)47-23-25-13-15-27(46-7)16-14-25)41(31(28)42)33(50)39-20-17-24-11-9-8-10-12-24/h8-16,18-19,22,28,30H,17,20-21,23H2,1-7H3,(H,39,50)/t28-,30+/m1/s1. The van der Waals surface area contributed by atoms with Crippen LogP contribution in [-0.4, -0.2) is 70.0 Å². The lowest BCUT2D eigenvalue weighted by molar-refractivity contribution is -0.168. The van der Waals surface area contributed by atoms with Crippen LogP contribution in [0.1, 0.15) is 58.2 Å². The summed E-state index contributed by atoms with van der Waals surface area (Å²) in [4.78, 5) is 59.9. The average molecular weight is 705 g/mol. The minimum Gasteiger partial charge on any atom is -0.497 e. The number of β-lactam (4-membered cyclic amide) rings is 1. The van der Waals surface area contributed by atoms with E-state index in [9.17, 15) is 19.2 Å². The third kappa shape index (κ3) is 10.2. The summed E-state index contributed by atoms with van der Waals surface area (Å²) in [6.45, 7) is 10.5. The lowest BCUT2D eigenvalue weighted by Crippen LogP contribution is -2.68. The first-order valence-electron chi connectivity index (χ1n) is 16.2. The monoisotopic (exact) mass is 704 g/mol. The maximum absolute atomic E-state index is 13.7. The van der Waals surface area contributed by atoms with E-state index in [1.807, 2.05) is 30.3 Å². The highest BCUT2D eigenvalue weighted by Gasteiger charge is 2.54. The Morgan fingerprint density at radius 3 is 2.08 bits per heavy atom. The summed E-state index contributed by atoms with van der Waals surface area (Å²) in [5, 5.41) is 3.22. The smallest absolute Gasteiger partial charge is 0.425 e. The fourth-order valence-electron chi connectivity index (χ4n) is 5.09. The molecule has 4 rings (SSSR count). The van der Waals surface area contributed by atoms with Crippen LogP contribution in [0.5, 0.6) is 5.75 Å². The molecule has 266 valence electrons. The van der Waals surface area contributed by atoms with Crippen molar-refractivity contribution in [2.24, 2.45) is 5.92 Å². The van der Waals surface area contributed by atoms with Crippen LogP contribution in [-0.2, 0) is 43.2 Å². The van der Waals surface area contributed by atoms with Gasteiger partial charge in [0.25, 0.3) is 0 Å². The summed E-state index contributed by atoms with van der Waals surface area (Å²) in [7, 11) is 1.56. The van der Waals surface area contributed by atoms with E-state index in [2.05, 4.69) is 10.3 Å². The van der Waals surface area contributed by atoms with Gasteiger partial charge in [-0.05, 0) is 108 Å². The zero-order valence-corrected chi connectivity index (χ0v) is 30.2. The first-order chi connectivity index (χ1) is 23.6. The normalized spacial score (nSPS) is 15.7. The number of pyridine rings is 1. The van der Waals surface area contributed by atoms with Gasteiger partial charge in [0.1, 0.15) is 35.4 Å². The Hall–Kier alpha value is -5.04. The number of hydrogen-bond acceptors (Lipinski definition) is 10.